The highest BCUT2D eigenvalue weighted by molar-refractivity contribution is 7.09. The molecule has 0 aliphatic carbocycles. The van der Waals surface area contributed by atoms with Gasteiger partial charge in [0.1, 0.15) is 5.82 Å². The minimum atomic E-state index is -0.875. The normalized spacial score (nSPS) is 15.8. The van der Waals surface area contributed by atoms with E-state index in [-0.39, 0.29) is 0 Å². The first kappa shape index (κ1) is 15.9. The molecule has 23 heavy (non-hydrogen) atoms. The number of aromatic nitrogens is 2. The van der Waals surface area contributed by atoms with E-state index in [4.69, 9.17) is 5.11 Å². The van der Waals surface area contributed by atoms with E-state index in [1.807, 2.05) is 12.1 Å². The van der Waals surface area contributed by atoms with Gasteiger partial charge in [-0.3, -0.25) is 4.90 Å². The molecule has 0 bridgehead atoms. The molecule has 6 nitrogen and oxygen atoms in total. The predicted molar refractivity (Wildman–Crippen MR) is 90.2 cm³/mol. The van der Waals surface area contributed by atoms with Crippen molar-refractivity contribution >= 4 is 22.6 Å². The van der Waals surface area contributed by atoms with Crippen LogP contribution in [0.4, 0.5) is 5.13 Å². The van der Waals surface area contributed by atoms with Gasteiger partial charge in [-0.1, -0.05) is 19.1 Å². The largest absolute Gasteiger partial charge is 0.478 e. The van der Waals surface area contributed by atoms with Crippen LogP contribution in [-0.2, 0) is 13.0 Å². The number of carbonyl (C=O) groups is 1. The molecule has 122 valence electrons. The molecule has 0 radical (unpaired) electrons. The molecule has 1 aromatic carbocycles. The zero-order chi connectivity index (χ0) is 16.2. The van der Waals surface area contributed by atoms with Crippen LogP contribution in [0.25, 0.3) is 0 Å². The lowest BCUT2D eigenvalue weighted by Crippen LogP contribution is -2.46. The zero-order valence-corrected chi connectivity index (χ0v) is 13.9. The maximum absolute atomic E-state index is 11.0. The number of benzene rings is 1. The van der Waals surface area contributed by atoms with Crippen molar-refractivity contribution in [2.45, 2.75) is 19.9 Å². The van der Waals surface area contributed by atoms with E-state index in [2.05, 4.69) is 26.1 Å². The Morgan fingerprint density at radius 2 is 2.09 bits per heavy atom. The predicted octanol–water partition coefficient (Wildman–Crippen LogP) is 2.12. The van der Waals surface area contributed by atoms with Gasteiger partial charge in [0.15, 0.2) is 0 Å². The number of rotatable bonds is 5. The topological polar surface area (TPSA) is 69.6 Å². The van der Waals surface area contributed by atoms with E-state index in [0.29, 0.717) is 5.56 Å². The molecular formula is C16H20N4O2S. The minimum absolute atomic E-state index is 0.349. The van der Waals surface area contributed by atoms with Crippen LogP contribution in [0.5, 0.6) is 0 Å². The van der Waals surface area contributed by atoms with Gasteiger partial charge in [-0.2, -0.15) is 4.37 Å². The van der Waals surface area contributed by atoms with Gasteiger partial charge < -0.3 is 10.0 Å². The van der Waals surface area contributed by atoms with Crippen LogP contribution in [-0.4, -0.2) is 51.5 Å². The number of carboxylic acid groups (broad SMARTS) is 1. The number of aromatic carboxylic acids is 1. The van der Waals surface area contributed by atoms with Gasteiger partial charge in [0.05, 0.1) is 5.56 Å². The summed E-state index contributed by atoms with van der Waals surface area (Å²) < 4.78 is 4.34. The maximum Gasteiger partial charge on any atom is 0.335 e. The standard InChI is InChI=1S/C16H20N4O2S/c1-2-14-17-16(23-18-14)20-8-6-19(7-9-20)11-12-4-3-5-13(10-12)15(21)22/h3-5,10H,2,6-9,11H2,1H3,(H,21,22). The van der Waals surface area contributed by atoms with E-state index < -0.39 is 5.97 Å². The second kappa shape index (κ2) is 7.06. The Kier molecular flexibility index (Phi) is 4.88. The summed E-state index contributed by atoms with van der Waals surface area (Å²) in [7, 11) is 0. The summed E-state index contributed by atoms with van der Waals surface area (Å²) in [6.07, 6.45) is 0.871. The summed E-state index contributed by atoms with van der Waals surface area (Å²) in [6, 6.07) is 7.18. The molecule has 1 saturated heterocycles. The van der Waals surface area contributed by atoms with Gasteiger partial charge in [-0.15, -0.1) is 0 Å². The molecule has 0 atom stereocenters. The molecule has 2 heterocycles. The SMILES string of the molecule is CCc1nsc(N2CCN(Cc3cccc(C(=O)O)c3)CC2)n1. The quantitative estimate of drug-likeness (QED) is 0.904. The Morgan fingerprint density at radius 1 is 1.30 bits per heavy atom. The number of carboxylic acids is 1. The molecule has 1 aliphatic rings. The Balaban J connectivity index is 1.56. The maximum atomic E-state index is 11.0. The summed E-state index contributed by atoms with van der Waals surface area (Å²) >= 11 is 1.47. The van der Waals surface area contributed by atoms with Crippen molar-refractivity contribution in [3.8, 4) is 0 Å². The lowest BCUT2D eigenvalue weighted by atomic mass is 10.1. The zero-order valence-electron chi connectivity index (χ0n) is 13.1. The number of aryl methyl sites for hydroxylation is 1. The molecule has 0 spiro atoms. The third kappa shape index (κ3) is 3.86. The highest BCUT2D eigenvalue weighted by Crippen LogP contribution is 2.20. The summed E-state index contributed by atoms with van der Waals surface area (Å²) in [4.78, 5) is 20.2. The smallest absolute Gasteiger partial charge is 0.335 e. The summed E-state index contributed by atoms with van der Waals surface area (Å²) in [5.74, 6) is 0.0394. The van der Waals surface area contributed by atoms with Crippen LogP contribution in [0.3, 0.4) is 0 Å². The van der Waals surface area contributed by atoms with E-state index in [9.17, 15) is 4.79 Å². The molecule has 1 fully saturated rings. The van der Waals surface area contributed by atoms with Crippen LogP contribution in [0.2, 0.25) is 0 Å². The monoisotopic (exact) mass is 332 g/mol. The fraction of sp³-hybridized carbons (Fsp3) is 0.438. The number of hydrogen-bond acceptors (Lipinski definition) is 6. The first-order chi connectivity index (χ1) is 11.2. The van der Waals surface area contributed by atoms with Crippen molar-refractivity contribution in [3.63, 3.8) is 0 Å². The van der Waals surface area contributed by atoms with Crippen molar-refractivity contribution in [2.24, 2.45) is 0 Å². The number of hydrogen-bond donors (Lipinski definition) is 1. The Morgan fingerprint density at radius 3 is 2.74 bits per heavy atom. The molecule has 1 aromatic heterocycles. The van der Waals surface area contributed by atoms with Crippen molar-refractivity contribution < 1.29 is 9.90 Å². The van der Waals surface area contributed by atoms with Gasteiger partial charge in [0.2, 0.25) is 5.13 Å². The van der Waals surface area contributed by atoms with Gasteiger partial charge in [0.25, 0.3) is 0 Å². The van der Waals surface area contributed by atoms with Crippen molar-refractivity contribution in [1.82, 2.24) is 14.3 Å². The molecule has 0 saturated carbocycles. The Bertz CT molecular complexity index is 680. The van der Waals surface area contributed by atoms with Gasteiger partial charge >= 0.3 is 5.97 Å². The molecule has 1 aliphatic heterocycles. The third-order valence-corrected chi connectivity index (χ3v) is 4.81. The van der Waals surface area contributed by atoms with E-state index in [1.165, 1.54) is 11.5 Å². The van der Waals surface area contributed by atoms with Crippen LogP contribution in [0.1, 0.15) is 28.7 Å². The van der Waals surface area contributed by atoms with E-state index >= 15 is 0 Å². The molecule has 0 unspecified atom stereocenters. The van der Waals surface area contributed by atoms with Crippen molar-refractivity contribution in [1.29, 1.82) is 0 Å². The average molecular weight is 332 g/mol. The molecule has 3 rings (SSSR count). The number of anilines is 1. The van der Waals surface area contributed by atoms with Crippen molar-refractivity contribution in [2.75, 3.05) is 31.1 Å². The first-order valence-electron chi connectivity index (χ1n) is 7.78. The molecule has 7 heteroatoms. The number of piperazine rings is 1. The van der Waals surface area contributed by atoms with Gasteiger partial charge in [0, 0.05) is 50.7 Å². The van der Waals surface area contributed by atoms with Crippen molar-refractivity contribution in [3.05, 3.63) is 41.2 Å². The summed E-state index contributed by atoms with van der Waals surface area (Å²) in [5, 5.41) is 10.1. The van der Waals surface area contributed by atoms with Crippen LogP contribution >= 0.6 is 11.5 Å². The highest BCUT2D eigenvalue weighted by Gasteiger charge is 2.20. The van der Waals surface area contributed by atoms with Gasteiger partial charge in [-0.25, -0.2) is 9.78 Å². The number of nitrogens with zero attached hydrogens (tertiary/aromatic N) is 4. The fourth-order valence-corrected chi connectivity index (χ4v) is 3.48. The molecule has 2 aromatic rings. The van der Waals surface area contributed by atoms with E-state index in [1.54, 1.807) is 12.1 Å². The molecule has 0 amide bonds. The summed E-state index contributed by atoms with van der Waals surface area (Å²) in [5.41, 5.74) is 1.39. The van der Waals surface area contributed by atoms with Crippen LogP contribution in [0, 0.1) is 0 Å². The minimum Gasteiger partial charge on any atom is -0.478 e. The Hall–Kier alpha value is -1.99. The van der Waals surface area contributed by atoms with Crippen LogP contribution < -0.4 is 4.90 Å². The van der Waals surface area contributed by atoms with E-state index in [0.717, 1.165) is 55.7 Å². The van der Waals surface area contributed by atoms with Gasteiger partial charge in [-0.05, 0) is 17.7 Å². The second-order valence-corrected chi connectivity index (χ2v) is 6.35. The lowest BCUT2D eigenvalue weighted by molar-refractivity contribution is 0.0696. The highest BCUT2D eigenvalue weighted by atomic mass is 32.1. The fourth-order valence-electron chi connectivity index (χ4n) is 2.67. The Labute approximate surface area is 139 Å². The third-order valence-electron chi connectivity index (χ3n) is 4.00. The average Bonchev–Trinajstić information content (AvgIpc) is 3.05. The second-order valence-electron chi connectivity index (χ2n) is 5.62. The molecule has 1 N–H and O–H groups in total. The van der Waals surface area contributed by atoms with Crippen LogP contribution in [0.15, 0.2) is 24.3 Å². The summed E-state index contributed by atoms with van der Waals surface area (Å²) in [6.45, 7) is 6.59. The first-order valence-corrected chi connectivity index (χ1v) is 8.55. The molecular weight excluding hydrogens is 312 g/mol. The lowest BCUT2D eigenvalue weighted by Gasteiger charge is -2.34.